The maximum atomic E-state index is 5.52. The quantitative estimate of drug-likeness (QED) is 0.775. The summed E-state index contributed by atoms with van der Waals surface area (Å²) in [6.07, 6.45) is 6.86. The van der Waals surface area contributed by atoms with E-state index in [2.05, 4.69) is 23.1 Å². The minimum Gasteiger partial charge on any atom is -0.366 e. The zero-order valence-corrected chi connectivity index (χ0v) is 8.98. The highest BCUT2D eigenvalue weighted by atomic mass is 15.3. The molecule has 2 N–H and O–H groups in total. The van der Waals surface area contributed by atoms with Crippen LogP contribution in [0.5, 0.6) is 0 Å². The lowest BCUT2D eigenvalue weighted by atomic mass is 10.1. The minimum absolute atomic E-state index is 0.334. The molecule has 2 rings (SSSR count). The topological polar surface area (TPSA) is 56.2 Å². The third-order valence-electron chi connectivity index (χ3n) is 2.48. The van der Waals surface area contributed by atoms with E-state index < -0.39 is 0 Å². The molecule has 4 nitrogen and oxygen atoms in total. The number of fused-ring (bicyclic) bond motifs is 1. The fourth-order valence-corrected chi connectivity index (χ4v) is 1.67. The number of nitrogens with two attached hydrogens (primary N) is 1. The van der Waals surface area contributed by atoms with Gasteiger partial charge in [-0.3, -0.25) is 0 Å². The fraction of sp³-hybridized carbons (Fsp3) is 0.455. The molecule has 0 aromatic carbocycles. The summed E-state index contributed by atoms with van der Waals surface area (Å²) >= 11 is 0. The van der Waals surface area contributed by atoms with Crippen molar-refractivity contribution in [2.75, 3.05) is 5.73 Å². The van der Waals surface area contributed by atoms with E-state index in [1.54, 1.807) is 4.52 Å². The van der Waals surface area contributed by atoms with Crippen LogP contribution in [0, 0.1) is 0 Å². The Kier molecular flexibility index (Phi) is 2.85. The highest BCUT2D eigenvalue weighted by Crippen LogP contribution is 2.09. The SMILES string of the molecule is CCCCCc1ccc2nc(N)nn2c1. The van der Waals surface area contributed by atoms with Crippen molar-refractivity contribution in [3.63, 3.8) is 0 Å². The first-order valence-corrected chi connectivity index (χ1v) is 5.40. The number of aromatic nitrogens is 3. The van der Waals surface area contributed by atoms with E-state index >= 15 is 0 Å². The van der Waals surface area contributed by atoms with Crippen molar-refractivity contribution in [3.05, 3.63) is 23.9 Å². The summed E-state index contributed by atoms with van der Waals surface area (Å²) in [6.45, 7) is 2.21. The number of rotatable bonds is 4. The molecule has 0 amide bonds. The van der Waals surface area contributed by atoms with Crippen LogP contribution in [0.3, 0.4) is 0 Å². The molecule has 2 heterocycles. The second kappa shape index (κ2) is 4.29. The Labute approximate surface area is 89.1 Å². The van der Waals surface area contributed by atoms with Gasteiger partial charge in [0.2, 0.25) is 5.95 Å². The van der Waals surface area contributed by atoms with Gasteiger partial charge in [-0.25, -0.2) is 4.52 Å². The van der Waals surface area contributed by atoms with Crippen LogP contribution in [0.25, 0.3) is 5.65 Å². The standard InChI is InChI=1S/C11H16N4/c1-2-3-4-5-9-6-7-10-13-11(12)14-15(10)8-9/h6-8H,2-5H2,1H3,(H2,12,14). The van der Waals surface area contributed by atoms with E-state index in [4.69, 9.17) is 5.73 Å². The lowest BCUT2D eigenvalue weighted by Crippen LogP contribution is -1.93. The number of anilines is 1. The molecule has 4 heteroatoms. The number of unbranched alkanes of at least 4 members (excludes halogenated alkanes) is 2. The Morgan fingerprint density at radius 2 is 2.20 bits per heavy atom. The number of nitrogen functional groups attached to an aromatic ring is 1. The van der Waals surface area contributed by atoms with Crippen molar-refractivity contribution >= 4 is 11.6 Å². The molecule has 15 heavy (non-hydrogen) atoms. The molecule has 80 valence electrons. The first kappa shape index (κ1) is 9.96. The van der Waals surface area contributed by atoms with Crippen LogP contribution in [0.15, 0.2) is 18.3 Å². The first-order valence-electron chi connectivity index (χ1n) is 5.40. The van der Waals surface area contributed by atoms with Gasteiger partial charge in [-0.1, -0.05) is 25.8 Å². The molecule has 0 saturated heterocycles. The van der Waals surface area contributed by atoms with E-state index in [9.17, 15) is 0 Å². The molecule has 0 atom stereocenters. The first-order chi connectivity index (χ1) is 7.29. The molecule has 0 bridgehead atoms. The summed E-state index contributed by atoms with van der Waals surface area (Å²) < 4.78 is 1.75. The molecular weight excluding hydrogens is 188 g/mol. The molecule has 0 aliphatic carbocycles. The summed E-state index contributed by atoms with van der Waals surface area (Å²) in [7, 11) is 0. The fourth-order valence-electron chi connectivity index (χ4n) is 1.67. The molecule has 0 fully saturated rings. The lowest BCUT2D eigenvalue weighted by molar-refractivity contribution is 0.714. The zero-order chi connectivity index (χ0) is 10.7. The van der Waals surface area contributed by atoms with E-state index in [1.807, 2.05) is 12.3 Å². The van der Waals surface area contributed by atoms with Gasteiger partial charge >= 0.3 is 0 Å². The van der Waals surface area contributed by atoms with Gasteiger partial charge in [0.15, 0.2) is 5.65 Å². The van der Waals surface area contributed by atoms with E-state index in [-0.39, 0.29) is 0 Å². The Morgan fingerprint density at radius 1 is 1.33 bits per heavy atom. The highest BCUT2D eigenvalue weighted by molar-refractivity contribution is 5.42. The number of nitrogens with zero attached hydrogens (tertiary/aromatic N) is 3. The van der Waals surface area contributed by atoms with Gasteiger partial charge in [0.1, 0.15) is 0 Å². The van der Waals surface area contributed by atoms with Crippen LogP contribution in [0.4, 0.5) is 5.95 Å². The molecular formula is C11H16N4. The van der Waals surface area contributed by atoms with E-state index in [1.165, 1.54) is 24.8 Å². The molecule has 0 aliphatic heterocycles. The van der Waals surface area contributed by atoms with Gasteiger partial charge in [0, 0.05) is 6.20 Å². The molecule has 2 aromatic rings. The number of aryl methyl sites for hydroxylation is 1. The second-order valence-corrected chi connectivity index (χ2v) is 3.77. The van der Waals surface area contributed by atoms with Gasteiger partial charge in [0.25, 0.3) is 0 Å². The van der Waals surface area contributed by atoms with Crippen LogP contribution < -0.4 is 5.73 Å². The lowest BCUT2D eigenvalue weighted by Gasteiger charge is -2.00. The Hall–Kier alpha value is -1.58. The van der Waals surface area contributed by atoms with Crippen LogP contribution in [0.1, 0.15) is 31.7 Å². The van der Waals surface area contributed by atoms with Gasteiger partial charge < -0.3 is 5.73 Å². The predicted octanol–water partition coefficient (Wildman–Crippen LogP) is 2.04. The van der Waals surface area contributed by atoms with Gasteiger partial charge in [0.05, 0.1) is 0 Å². The smallest absolute Gasteiger partial charge is 0.240 e. The molecule has 0 spiro atoms. The third-order valence-corrected chi connectivity index (χ3v) is 2.48. The maximum absolute atomic E-state index is 5.52. The minimum atomic E-state index is 0.334. The Balaban J connectivity index is 2.15. The summed E-state index contributed by atoms with van der Waals surface area (Å²) in [5, 5.41) is 4.09. The van der Waals surface area contributed by atoms with Crippen molar-refractivity contribution in [3.8, 4) is 0 Å². The molecule has 0 saturated carbocycles. The van der Waals surface area contributed by atoms with E-state index in [0.717, 1.165) is 12.1 Å². The summed E-state index contributed by atoms with van der Waals surface area (Å²) in [6, 6.07) is 4.06. The number of pyridine rings is 1. The monoisotopic (exact) mass is 204 g/mol. The summed E-state index contributed by atoms with van der Waals surface area (Å²) in [5.74, 6) is 0.334. The highest BCUT2D eigenvalue weighted by Gasteiger charge is 2.00. The van der Waals surface area contributed by atoms with Crippen LogP contribution in [0.2, 0.25) is 0 Å². The van der Waals surface area contributed by atoms with Crippen molar-refractivity contribution in [1.82, 2.24) is 14.6 Å². The Morgan fingerprint density at radius 3 is 3.00 bits per heavy atom. The van der Waals surface area contributed by atoms with Gasteiger partial charge in [-0.05, 0) is 24.5 Å². The van der Waals surface area contributed by atoms with Gasteiger partial charge in [-0.2, -0.15) is 4.98 Å². The van der Waals surface area contributed by atoms with Crippen molar-refractivity contribution in [2.24, 2.45) is 0 Å². The van der Waals surface area contributed by atoms with Crippen LogP contribution in [-0.4, -0.2) is 14.6 Å². The molecule has 0 aliphatic rings. The van der Waals surface area contributed by atoms with Crippen molar-refractivity contribution in [2.45, 2.75) is 32.6 Å². The van der Waals surface area contributed by atoms with Crippen molar-refractivity contribution < 1.29 is 0 Å². The molecule has 2 aromatic heterocycles. The maximum Gasteiger partial charge on any atom is 0.240 e. The molecule has 0 unspecified atom stereocenters. The molecule has 0 radical (unpaired) electrons. The zero-order valence-electron chi connectivity index (χ0n) is 8.98. The third kappa shape index (κ3) is 2.26. The van der Waals surface area contributed by atoms with Crippen LogP contribution >= 0.6 is 0 Å². The summed E-state index contributed by atoms with van der Waals surface area (Å²) in [4.78, 5) is 4.08. The Bertz CT molecular complexity index is 447. The largest absolute Gasteiger partial charge is 0.366 e. The number of hydrogen-bond donors (Lipinski definition) is 1. The second-order valence-electron chi connectivity index (χ2n) is 3.77. The normalized spacial score (nSPS) is 11.0. The summed E-state index contributed by atoms with van der Waals surface area (Å²) in [5.41, 5.74) is 7.62. The van der Waals surface area contributed by atoms with E-state index in [0.29, 0.717) is 5.95 Å². The van der Waals surface area contributed by atoms with Crippen molar-refractivity contribution in [1.29, 1.82) is 0 Å². The predicted molar refractivity (Wildman–Crippen MR) is 60.6 cm³/mol. The van der Waals surface area contributed by atoms with Crippen LogP contribution in [-0.2, 0) is 6.42 Å². The number of hydrogen-bond acceptors (Lipinski definition) is 3. The average Bonchev–Trinajstić information content (AvgIpc) is 2.57. The van der Waals surface area contributed by atoms with Gasteiger partial charge in [-0.15, -0.1) is 5.10 Å². The average molecular weight is 204 g/mol.